The van der Waals surface area contributed by atoms with Crippen LogP contribution >= 0.6 is 0 Å². The minimum absolute atomic E-state index is 0.0739. The average Bonchev–Trinajstić information content (AvgIpc) is 3.47. The molecule has 2 aromatic rings. The molecule has 4 heteroatoms. The molecule has 1 saturated carbocycles. The van der Waals surface area contributed by atoms with E-state index >= 15 is 0 Å². The molecule has 0 saturated heterocycles. The third-order valence-corrected chi connectivity index (χ3v) is 4.79. The number of hydrogen-bond acceptors (Lipinski definition) is 3. The molecule has 138 valence electrons. The van der Waals surface area contributed by atoms with Gasteiger partial charge < -0.3 is 14.8 Å². The lowest BCUT2D eigenvalue weighted by molar-refractivity contribution is 0.0949. The highest BCUT2D eigenvalue weighted by molar-refractivity contribution is 5.95. The third-order valence-electron chi connectivity index (χ3n) is 4.79. The lowest BCUT2D eigenvalue weighted by atomic mass is 9.96. The van der Waals surface area contributed by atoms with E-state index in [1.165, 1.54) is 5.56 Å². The molecule has 4 nitrogen and oxygen atoms in total. The van der Waals surface area contributed by atoms with Gasteiger partial charge in [0.15, 0.2) is 11.5 Å². The molecule has 1 aliphatic rings. The summed E-state index contributed by atoms with van der Waals surface area (Å²) in [5.74, 6) is 1.24. The van der Waals surface area contributed by atoms with Crippen LogP contribution in [0.2, 0.25) is 0 Å². The molecule has 0 spiro atoms. The fraction of sp³-hybridized carbons (Fsp3) is 0.409. The lowest BCUT2D eigenvalue weighted by Gasteiger charge is -2.17. The van der Waals surface area contributed by atoms with Gasteiger partial charge in [-0.25, -0.2) is 0 Å². The van der Waals surface area contributed by atoms with E-state index in [1.807, 2.05) is 19.1 Å². The van der Waals surface area contributed by atoms with Gasteiger partial charge >= 0.3 is 0 Å². The summed E-state index contributed by atoms with van der Waals surface area (Å²) in [6.07, 6.45) is 3.16. The first-order chi connectivity index (χ1) is 12.7. The van der Waals surface area contributed by atoms with Crippen LogP contribution in [0.15, 0.2) is 48.5 Å². The Balaban J connectivity index is 1.67. The van der Waals surface area contributed by atoms with Gasteiger partial charge in [-0.15, -0.1) is 0 Å². The van der Waals surface area contributed by atoms with Gasteiger partial charge in [0.05, 0.1) is 13.2 Å². The van der Waals surface area contributed by atoms with Crippen molar-refractivity contribution in [3.05, 3.63) is 59.7 Å². The first-order valence-electron chi connectivity index (χ1n) is 9.42. The molecule has 0 bridgehead atoms. The van der Waals surface area contributed by atoms with Crippen LogP contribution in [0.1, 0.15) is 49.0 Å². The SMILES string of the molecule is CCCOc1ccc(C(=O)NCC2(c3ccccc3)CC2)cc1OCC. The molecule has 0 aromatic heterocycles. The molecule has 0 aliphatic heterocycles. The van der Waals surface area contributed by atoms with E-state index in [9.17, 15) is 4.79 Å². The van der Waals surface area contributed by atoms with Crippen molar-refractivity contribution in [3.8, 4) is 11.5 Å². The van der Waals surface area contributed by atoms with E-state index in [0.29, 0.717) is 36.8 Å². The Morgan fingerprint density at radius 3 is 2.46 bits per heavy atom. The van der Waals surface area contributed by atoms with Gasteiger partial charge in [-0.2, -0.15) is 0 Å². The van der Waals surface area contributed by atoms with Crippen molar-refractivity contribution in [1.29, 1.82) is 0 Å². The molecule has 26 heavy (non-hydrogen) atoms. The van der Waals surface area contributed by atoms with Gasteiger partial charge in [-0.05, 0) is 49.9 Å². The fourth-order valence-electron chi connectivity index (χ4n) is 3.11. The molecule has 3 rings (SSSR count). The van der Waals surface area contributed by atoms with Gasteiger partial charge in [-0.3, -0.25) is 4.79 Å². The van der Waals surface area contributed by atoms with Crippen molar-refractivity contribution in [2.24, 2.45) is 0 Å². The summed E-state index contributed by atoms with van der Waals surface area (Å²) < 4.78 is 11.3. The molecule has 0 atom stereocenters. The Kier molecular flexibility index (Phi) is 5.82. The Morgan fingerprint density at radius 2 is 1.81 bits per heavy atom. The van der Waals surface area contributed by atoms with Crippen LogP contribution in [-0.2, 0) is 5.41 Å². The zero-order valence-corrected chi connectivity index (χ0v) is 15.6. The van der Waals surface area contributed by atoms with Crippen molar-refractivity contribution in [2.45, 2.75) is 38.5 Å². The zero-order valence-electron chi connectivity index (χ0n) is 15.6. The minimum atomic E-state index is -0.0739. The van der Waals surface area contributed by atoms with E-state index in [-0.39, 0.29) is 11.3 Å². The second-order valence-corrected chi connectivity index (χ2v) is 6.77. The standard InChI is InChI=1S/C22H27NO3/c1-3-14-26-19-11-10-17(15-20(19)25-4-2)21(24)23-16-22(12-13-22)18-8-6-5-7-9-18/h5-11,15H,3-4,12-14,16H2,1-2H3,(H,23,24). The smallest absolute Gasteiger partial charge is 0.251 e. The van der Waals surface area contributed by atoms with Crippen molar-refractivity contribution in [2.75, 3.05) is 19.8 Å². The maximum Gasteiger partial charge on any atom is 0.251 e. The second-order valence-electron chi connectivity index (χ2n) is 6.77. The Hall–Kier alpha value is -2.49. The predicted molar refractivity (Wildman–Crippen MR) is 103 cm³/mol. The number of benzene rings is 2. The van der Waals surface area contributed by atoms with Crippen LogP contribution in [0.25, 0.3) is 0 Å². The van der Waals surface area contributed by atoms with Crippen molar-refractivity contribution in [1.82, 2.24) is 5.32 Å². The fourth-order valence-corrected chi connectivity index (χ4v) is 3.11. The highest BCUT2D eigenvalue weighted by Gasteiger charge is 2.44. The monoisotopic (exact) mass is 353 g/mol. The number of rotatable bonds is 9. The molecule has 0 radical (unpaired) electrons. The van der Waals surface area contributed by atoms with Crippen LogP contribution in [0, 0.1) is 0 Å². The summed E-state index contributed by atoms with van der Waals surface area (Å²) in [5, 5.41) is 3.10. The summed E-state index contributed by atoms with van der Waals surface area (Å²) in [6.45, 7) is 5.81. The summed E-state index contributed by atoms with van der Waals surface area (Å²) in [5.41, 5.74) is 2.00. The van der Waals surface area contributed by atoms with Crippen molar-refractivity contribution in [3.63, 3.8) is 0 Å². The predicted octanol–water partition coefficient (Wildman–Crippen LogP) is 4.34. The largest absolute Gasteiger partial charge is 0.490 e. The second kappa shape index (κ2) is 8.26. The molecule has 0 heterocycles. The Morgan fingerprint density at radius 1 is 1.04 bits per heavy atom. The van der Waals surface area contributed by atoms with Crippen molar-refractivity contribution < 1.29 is 14.3 Å². The average molecular weight is 353 g/mol. The quantitative estimate of drug-likeness (QED) is 0.730. The molecule has 1 fully saturated rings. The molecule has 1 aliphatic carbocycles. The molecule has 0 unspecified atom stereocenters. The van der Waals surface area contributed by atoms with E-state index in [1.54, 1.807) is 12.1 Å². The lowest BCUT2D eigenvalue weighted by Crippen LogP contribution is -2.32. The van der Waals surface area contributed by atoms with E-state index in [4.69, 9.17) is 9.47 Å². The van der Waals surface area contributed by atoms with E-state index in [2.05, 4.69) is 36.5 Å². The number of hydrogen-bond donors (Lipinski definition) is 1. The van der Waals surface area contributed by atoms with E-state index in [0.717, 1.165) is 19.3 Å². The minimum Gasteiger partial charge on any atom is -0.490 e. The van der Waals surface area contributed by atoms with Crippen molar-refractivity contribution >= 4 is 5.91 Å². The van der Waals surface area contributed by atoms with Gasteiger partial charge in [0.1, 0.15) is 0 Å². The van der Waals surface area contributed by atoms with Gasteiger partial charge in [0.2, 0.25) is 0 Å². The van der Waals surface area contributed by atoms with Crippen LogP contribution in [0.5, 0.6) is 11.5 Å². The highest BCUT2D eigenvalue weighted by Crippen LogP contribution is 2.47. The normalized spacial score (nSPS) is 14.5. The highest BCUT2D eigenvalue weighted by atomic mass is 16.5. The Labute approximate surface area is 155 Å². The Bertz CT molecular complexity index is 738. The first kappa shape index (κ1) is 18.3. The van der Waals surface area contributed by atoms with Crippen LogP contribution < -0.4 is 14.8 Å². The maximum atomic E-state index is 12.6. The third kappa shape index (κ3) is 4.18. The van der Waals surface area contributed by atoms with Crippen LogP contribution in [0.4, 0.5) is 0 Å². The topological polar surface area (TPSA) is 47.6 Å². The van der Waals surface area contributed by atoms with Gasteiger partial charge in [0, 0.05) is 17.5 Å². The summed E-state index contributed by atoms with van der Waals surface area (Å²) in [4.78, 5) is 12.6. The van der Waals surface area contributed by atoms with Gasteiger partial charge in [-0.1, -0.05) is 37.3 Å². The van der Waals surface area contributed by atoms with Crippen LogP contribution in [-0.4, -0.2) is 25.7 Å². The summed E-state index contributed by atoms with van der Waals surface area (Å²) in [6, 6.07) is 15.8. The molecular weight excluding hydrogens is 326 g/mol. The maximum absolute atomic E-state index is 12.6. The summed E-state index contributed by atoms with van der Waals surface area (Å²) in [7, 11) is 0. The number of carbonyl (C=O) groups is 1. The molecule has 1 N–H and O–H groups in total. The van der Waals surface area contributed by atoms with E-state index < -0.39 is 0 Å². The number of ether oxygens (including phenoxy) is 2. The molecule has 2 aromatic carbocycles. The van der Waals surface area contributed by atoms with Gasteiger partial charge in [0.25, 0.3) is 5.91 Å². The zero-order chi connectivity index (χ0) is 18.4. The molecular formula is C22H27NO3. The number of nitrogens with one attached hydrogen (secondary N) is 1. The number of carbonyl (C=O) groups excluding carboxylic acids is 1. The first-order valence-corrected chi connectivity index (χ1v) is 9.42. The summed E-state index contributed by atoms with van der Waals surface area (Å²) >= 11 is 0. The number of amides is 1. The van der Waals surface area contributed by atoms with Crippen LogP contribution in [0.3, 0.4) is 0 Å². The molecule has 1 amide bonds.